The van der Waals surface area contributed by atoms with Crippen LogP contribution in [-0.2, 0) is 6.54 Å². The number of pyridine rings is 1. The van der Waals surface area contributed by atoms with Crippen molar-refractivity contribution >= 4 is 29.0 Å². The van der Waals surface area contributed by atoms with E-state index in [-0.39, 0.29) is 29.0 Å². The van der Waals surface area contributed by atoms with Gasteiger partial charge in [0.2, 0.25) is 0 Å². The van der Waals surface area contributed by atoms with Gasteiger partial charge in [-0.25, -0.2) is 0 Å². The van der Waals surface area contributed by atoms with E-state index < -0.39 is 0 Å². The van der Waals surface area contributed by atoms with Crippen molar-refractivity contribution in [1.29, 1.82) is 0 Å². The van der Waals surface area contributed by atoms with Crippen LogP contribution >= 0.6 is 12.2 Å². The lowest BCUT2D eigenvalue weighted by Gasteiger charge is -2.14. The Hall–Kier alpha value is -2.60. The zero-order valence-electron chi connectivity index (χ0n) is 10.9. The van der Waals surface area contributed by atoms with Gasteiger partial charge in [-0.2, -0.15) is 0 Å². The van der Waals surface area contributed by atoms with Crippen LogP contribution < -0.4 is 5.73 Å². The number of hydrogen-bond acceptors (Lipinski definition) is 4. The van der Waals surface area contributed by atoms with Gasteiger partial charge in [0.1, 0.15) is 10.7 Å². The van der Waals surface area contributed by atoms with Crippen molar-refractivity contribution in [3.63, 3.8) is 0 Å². The molecule has 0 radical (unpaired) electrons. The molecule has 2 amide bonds. The number of nitrogens with two attached hydrogens (primary N) is 1. The van der Waals surface area contributed by atoms with E-state index in [0.717, 1.165) is 5.56 Å². The number of fused-ring (bicyclic) bond motifs is 1. The molecule has 1 aromatic carbocycles. The van der Waals surface area contributed by atoms with Crippen molar-refractivity contribution in [3.05, 3.63) is 65.0 Å². The molecule has 0 bridgehead atoms. The second-order valence-electron chi connectivity index (χ2n) is 4.66. The summed E-state index contributed by atoms with van der Waals surface area (Å²) in [4.78, 5) is 29.9. The van der Waals surface area contributed by atoms with Crippen LogP contribution in [0.3, 0.4) is 0 Å². The molecule has 5 nitrogen and oxygen atoms in total. The van der Waals surface area contributed by atoms with Gasteiger partial charge in [0, 0.05) is 11.8 Å². The number of benzene rings is 1. The van der Waals surface area contributed by atoms with Crippen molar-refractivity contribution in [3.8, 4) is 0 Å². The summed E-state index contributed by atoms with van der Waals surface area (Å²) in [6.45, 7) is 0.171. The van der Waals surface area contributed by atoms with Gasteiger partial charge in [0.15, 0.2) is 0 Å². The zero-order valence-corrected chi connectivity index (χ0v) is 11.8. The molecule has 0 saturated carbocycles. The van der Waals surface area contributed by atoms with E-state index in [9.17, 15) is 9.59 Å². The molecule has 0 saturated heterocycles. The van der Waals surface area contributed by atoms with Gasteiger partial charge in [-0.15, -0.1) is 0 Å². The third-order valence-electron chi connectivity index (χ3n) is 3.28. The highest BCUT2D eigenvalue weighted by Crippen LogP contribution is 2.22. The predicted octanol–water partition coefficient (Wildman–Crippen LogP) is 1.51. The summed E-state index contributed by atoms with van der Waals surface area (Å²) in [7, 11) is 0. The molecule has 0 aliphatic carbocycles. The summed E-state index contributed by atoms with van der Waals surface area (Å²) >= 11 is 4.93. The molecule has 6 heteroatoms. The number of aromatic nitrogens is 1. The largest absolute Gasteiger partial charge is 0.389 e. The number of rotatable bonds is 3. The maximum absolute atomic E-state index is 12.2. The van der Waals surface area contributed by atoms with Crippen molar-refractivity contribution in [1.82, 2.24) is 9.88 Å². The third-order valence-corrected chi connectivity index (χ3v) is 3.52. The molecule has 1 aliphatic heterocycles. The molecule has 0 atom stereocenters. The van der Waals surface area contributed by atoms with E-state index in [1.165, 1.54) is 11.1 Å². The fraction of sp³-hybridized carbons (Fsp3) is 0.0667. The number of carbonyl (C=O) groups is 2. The average Bonchev–Trinajstić information content (AvgIpc) is 2.73. The molecule has 0 spiro atoms. The number of imide groups is 1. The van der Waals surface area contributed by atoms with Crippen molar-refractivity contribution in [2.45, 2.75) is 6.54 Å². The number of carbonyl (C=O) groups excluding carboxylic acids is 2. The first-order chi connectivity index (χ1) is 10.1. The van der Waals surface area contributed by atoms with Gasteiger partial charge in [0.25, 0.3) is 11.8 Å². The molecule has 104 valence electrons. The van der Waals surface area contributed by atoms with E-state index in [2.05, 4.69) is 4.98 Å². The SMILES string of the molecule is NC(=S)c1cccc(CN2C(=O)c3cccnc3C2=O)c1. The van der Waals surface area contributed by atoms with Gasteiger partial charge in [-0.05, 0) is 23.8 Å². The minimum Gasteiger partial charge on any atom is -0.389 e. The standard InChI is InChI=1S/C15H11N3O2S/c16-13(21)10-4-1-3-9(7-10)8-18-14(19)11-5-2-6-17-12(11)15(18)20/h1-7H,8H2,(H2,16,21). The van der Waals surface area contributed by atoms with Gasteiger partial charge in [-0.3, -0.25) is 19.5 Å². The zero-order chi connectivity index (χ0) is 15.0. The van der Waals surface area contributed by atoms with Crippen molar-refractivity contribution in [2.75, 3.05) is 0 Å². The normalized spacial score (nSPS) is 13.4. The summed E-state index contributed by atoms with van der Waals surface area (Å²) in [5.41, 5.74) is 7.62. The van der Waals surface area contributed by atoms with Crippen LogP contribution in [0.25, 0.3) is 0 Å². The minimum atomic E-state index is -0.378. The van der Waals surface area contributed by atoms with Crippen LogP contribution in [-0.4, -0.2) is 26.7 Å². The lowest BCUT2D eigenvalue weighted by atomic mass is 10.1. The molecular weight excluding hydrogens is 286 g/mol. The van der Waals surface area contributed by atoms with Gasteiger partial charge in [0.05, 0.1) is 12.1 Å². The first kappa shape index (κ1) is 13.4. The van der Waals surface area contributed by atoms with E-state index in [4.69, 9.17) is 18.0 Å². The third kappa shape index (κ3) is 2.30. The van der Waals surface area contributed by atoms with Crippen molar-refractivity contribution < 1.29 is 9.59 Å². The Bertz CT molecular complexity index is 738. The number of nitrogens with zero attached hydrogens (tertiary/aromatic N) is 2. The Kier molecular flexibility index (Phi) is 3.23. The maximum Gasteiger partial charge on any atom is 0.280 e. The Labute approximate surface area is 126 Å². The van der Waals surface area contributed by atoms with E-state index >= 15 is 0 Å². The Morgan fingerprint density at radius 2 is 2.00 bits per heavy atom. The summed E-state index contributed by atoms with van der Waals surface area (Å²) in [5.74, 6) is -0.708. The van der Waals surface area contributed by atoms with Crippen LogP contribution in [0.1, 0.15) is 32.0 Å². The molecule has 0 unspecified atom stereocenters. The Morgan fingerprint density at radius 1 is 1.19 bits per heavy atom. The molecule has 1 aliphatic rings. The molecule has 1 aromatic heterocycles. The monoisotopic (exact) mass is 297 g/mol. The predicted molar refractivity (Wildman–Crippen MR) is 80.8 cm³/mol. The highest BCUT2D eigenvalue weighted by atomic mass is 32.1. The number of hydrogen-bond donors (Lipinski definition) is 1. The molecule has 21 heavy (non-hydrogen) atoms. The lowest BCUT2D eigenvalue weighted by Crippen LogP contribution is -2.29. The van der Waals surface area contributed by atoms with E-state index in [1.54, 1.807) is 30.3 Å². The second-order valence-corrected chi connectivity index (χ2v) is 5.10. The van der Waals surface area contributed by atoms with Gasteiger partial charge < -0.3 is 5.73 Å². The van der Waals surface area contributed by atoms with Crippen LogP contribution in [0.2, 0.25) is 0 Å². The second kappa shape index (κ2) is 5.06. The topological polar surface area (TPSA) is 76.3 Å². The smallest absolute Gasteiger partial charge is 0.280 e. The van der Waals surface area contributed by atoms with Crippen molar-refractivity contribution in [2.24, 2.45) is 5.73 Å². The highest BCUT2D eigenvalue weighted by molar-refractivity contribution is 7.80. The summed E-state index contributed by atoms with van der Waals surface area (Å²) in [6, 6.07) is 10.4. The first-order valence-electron chi connectivity index (χ1n) is 6.28. The first-order valence-corrected chi connectivity index (χ1v) is 6.68. The van der Waals surface area contributed by atoms with Crippen LogP contribution in [0, 0.1) is 0 Å². The fourth-order valence-electron chi connectivity index (χ4n) is 2.26. The molecule has 2 heterocycles. The average molecular weight is 297 g/mol. The number of amides is 2. The van der Waals surface area contributed by atoms with Crippen LogP contribution in [0.4, 0.5) is 0 Å². The lowest BCUT2D eigenvalue weighted by molar-refractivity contribution is 0.0640. The Balaban J connectivity index is 1.90. The summed E-state index contributed by atoms with van der Waals surface area (Å²) in [5, 5.41) is 0. The van der Waals surface area contributed by atoms with Gasteiger partial charge in [-0.1, -0.05) is 30.4 Å². The molecule has 0 fully saturated rings. The number of thiocarbonyl (C=S) groups is 1. The van der Waals surface area contributed by atoms with Gasteiger partial charge >= 0.3 is 0 Å². The fourth-order valence-corrected chi connectivity index (χ4v) is 2.39. The van der Waals surface area contributed by atoms with E-state index in [1.807, 2.05) is 6.07 Å². The van der Waals surface area contributed by atoms with Crippen LogP contribution in [0.15, 0.2) is 42.6 Å². The highest BCUT2D eigenvalue weighted by Gasteiger charge is 2.36. The van der Waals surface area contributed by atoms with Crippen LogP contribution in [0.5, 0.6) is 0 Å². The van der Waals surface area contributed by atoms with E-state index in [0.29, 0.717) is 11.1 Å². The molecule has 3 rings (SSSR count). The Morgan fingerprint density at radius 3 is 2.71 bits per heavy atom. The molecular formula is C15H11N3O2S. The summed E-state index contributed by atoms with van der Waals surface area (Å²) < 4.78 is 0. The minimum absolute atomic E-state index is 0.171. The quantitative estimate of drug-likeness (QED) is 0.686. The summed E-state index contributed by atoms with van der Waals surface area (Å²) in [6.07, 6.45) is 1.50. The molecule has 2 N–H and O–H groups in total. The maximum atomic E-state index is 12.2. The molecule has 2 aromatic rings.